The number of aromatic nitrogens is 1. The van der Waals surface area contributed by atoms with Crippen LogP contribution < -0.4 is 25.8 Å². The Morgan fingerprint density at radius 2 is 1.77 bits per heavy atom. The van der Waals surface area contributed by atoms with Gasteiger partial charge in [0.25, 0.3) is 11.5 Å². The largest absolute Gasteiger partial charge is 0.497 e. The van der Waals surface area contributed by atoms with Gasteiger partial charge in [-0.05, 0) is 44.7 Å². The van der Waals surface area contributed by atoms with Crippen molar-refractivity contribution < 1.29 is 37.0 Å². The lowest BCUT2D eigenvalue weighted by Gasteiger charge is -2.29. The maximum absolute atomic E-state index is 15.3. The van der Waals surface area contributed by atoms with Crippen molar-refractivity contribution in [2.24, 2.45) is 5.92 Å². The lowest BCUT2D eigenvalue weighted by Crippen LogP contribution is -2.51. The fourth-order valence-electron chi connectivity index (χ4n) is 5.71. The number of halogens is 4. The highest BCUT2D eigenvalue weighted by Crippen LogP contribution is 2.40. The van der Waals surface area contributed by atoms with Crippen molar-refractivity contribution in [2.45, 2.75) is 69.6 Å². The summed E-state index contributed by atoms with van der Waals surface area (Å²) in [6, 6.07) is 1.17. The molecule has 0 spiro atoms. The second kappa shape index (κ2) is 12.3. The van der Waals surface area contributed by atoms with E-state index in [4.69, 9.17) is 4.74 Å². The van der Waals surface area contributed by atoms with Crippen LogP contribution in [0.3, 0.4) is 0 Å². The van der Waals surface area contributed by atoms with E-state index in [1.807, 2.05) is 0 Å². The first kappa shape index (κ1) is 29.4. The highest BCUT2D eigenvalue weighted by molar-refractivity contribution is 6.03. The zero-order valence-corrected chi connectivity index (χ0v) is 22.1. The highest BCUT2D eigenvalue weighted by atomic mass is 19.3. The summed E-state index contributed by atoms with van der Waals surface area (Å²) in [5, 5.41) is 14.5. The van der Waals surface area contributed by atoms with Crippen molar-refractivity contribution in [1.82, 2.24) is 15.2 Å². The minimum absolute atomic E-state index is 0.0356. The number of hydrogen-bond acceptors (Lipinski definition) is 5. The number of carbonyl (C=O) groups excluding carboxylic acids is 2. The highest BCUT2D eigenvalue weighted by Gasteiger charge is 2.50. The van der Waals surface area contributed by atoms with Gasteiger partial charge in [0.2, 0.25) is 6.43 Å². The number of urea groups is 1. The number of methoxy groups -OCH3 is 1. The minimum Gasteiger partial charge on any atom is -0.497 e. The molecule has 1 aromatic heterocycles. The average Bonchev–Trinajstić information content (AvgIpc) is 3.14. The van der Waals surface area contributed by atoms with Crippen molar-refractivity contribution >= 4 is 17.6 Å². The summed E-state index contributed by atoms with van der Waals surface area (Å²) in [6.45, 7) is 1.15. The summed E-state index contributed by atoms with van der Waals surface area (Å²) in [6.07, 6.45) is 0.100. The Morgan fingerprint density at radius 3 is 2.35 bits per heavy atom. The van der Waals surface area contributed by atoms with E-state index in [0.29, 0.717) is 12.8 Å². The summed E-state index contributed by atoms with van der Waals surface area (Å²) in [5.74, 6) is -4.81. The number of pyridine rings is 1. The second-order valence-corrected chi connectivity index (χ2v) is 10.1. The first-order chi connectivity index (χ1) is 19.1. The van der Waals surface area contributed by atoms with Crippen molar-refractivity contribution in [3.63, 3.8) is 0 Å². The van der Waals surface area contributed by atoms with Gasteiger partial charge in [-0.15, -0.1) is 0 Å². The van der Waals surface area contributed by atoms with E-state index in [1.54, 1.807) is 0 Å². The van der Waals surface area contributed by atoms with Crippen LogP contribution in [-0.2, 0) is 11.3 Å². The molecule has 1 aliphatic heterocycles. The Balaban J connectivity index is 1.67. The Hall–Kier alpha value is -3.61. The molecule has 2 aliphatic rings. The molecule has 13 heteroatoms. The van der Waals surface area contributed by atoms with Crippen LogP contribution in [0.15, 0.2) is 35.3 Å². The predicted molar refractivity (Wildman–Crippen MR) is 138 cm³/mol. The van der Waals surface area contributed by atoms with Crippen LogP contribution in [0, 0.1) is 17.6 Å². The van der Waals surface area contributed by atoms with E-state index in [0.717, 1.165) is 17.0 Å². The quantitative estimate of drug-likeness (QED) is 0.424. The van der Waals surface area contributed by atoms with Crippen LogP contribution in [0.1, 0.15) is 44.1 Å². The molecule has 218 valence electrons. The van der Waals surface area contributed by atoms with E-state index in [1.165, 1.54) is 36.9 Å². The second-order valence-electron chi connectivity index (χ2n) is 10.1. The van der Waals surface area contributed by atoms with Gasteiger partial charge in [0, 0.05) is 54.4 Å². The van der Waals surface area contributed by atoms with Crippen LogP contribution in [0.25, 0.3) is 0 Å². The first-order valence-electron chi connectivity index (χ1n) is 13.1. The molecule has 0 bridgehead atoms. The zero-order chi connectivity index (χ0) is 29.1. The van der Waals surface area contributed by atoms with Crippen LogP contribution in [0.5, 0.6) is 5.75 Å². The zero-order valence-electron chi connectivity index (χ0n) is 22.1. The van der Waals surface area contributed by atoms with Gasteiger partial charge >= 0.3 is 6.03 Å². The molecule has 2 heterocycles. The molecule has 4 rings (SSSR count). The van der Waals surface area contributed by atoms with Gasteiger partial charge in [-0.3, -0.25) is 9.59 Å². The summed E-state index contributed by atoms with van der Waals surface area (Å²) in [4.78, 5) is 40.9. The fourth-order valence-corrected chi connectivity index (χ4v) is 5.71. The van der Waals surface area contributed by atoms with Gasteiger partial charge < -0.3 is 29.9 Å². The molecule has 3 atom stereocenters. The summed E-state index contributed by atoms with van der Waals surface area (Å²) >= 11 is 0. The molecule has 1 saturated carbocycles. The number of alkyl halides is 2. The van der Waals surface area contributed by atoms with E-state index in [2.05, 4.69) is 10.6 Å². The molecule has 9 nitrogen and oxygen atoms in total. The number of rotatable bonds is 8. The van der Waals surface area contributed by atoms with Gasteiger partial charge in [0.1, 0.15) is 29.1 Å². The maximum Gasteiger partial charge on any atom is 0.315 e. The molecule has 2 aromatic rings. The molecule has 1 aromatic carbocycles. The topological polar surface area (TPSA) is 113 Å². The number of amides is 3. The molecule has 1 saturated heterocycles. The molecular weight excluding hydrogens is 536 g/mol. The van der Waals surface area contributed by atoms with Crippen molar-refractivity contribution in [3.8, 4) is 5.75 Å². The van der Waals surface area contributed by atoms with E-state index in [9.17, 15) is 28.3 Å². The number of benzene rings is 1. The van der Waals surface area contributed by atoms with E-state index < -0.39 is 71.1 Å². The molecule has 40 heavy (non-hydrogen) atoms. The minimum atomic E-state index is -2.44. The van der Waals surface area contributed by atoms with Crippen LogP contribution >= 0.6 is 0 Å². The smallest absolute Gasteiger partial charge is 0.315 e. The monoisotopic (exact) mass is 568 g/mol. The fraction of sp³-hybridized carbons (Fsp3) is 0.519. The normalized spacial score (nSPS) is 24.9. The molecule has 3 N–H and O–H groups in total. The number of hydrogen-bond donors (Lipinski definition) is 3. The van der Waals surface area contributed by atoms with E-state index >= 15 is 8.78 Å². The van der Waals surface area contributed by atoms with Crippen LogP contribution in [0.4, 0.5) is 28.0 Å². The maximum atomic E-state index is 15.3. The molecular formula is C27H32F4N4O5. The Bertz CT molecular complexity index is 1270. The SMILES string of the molecule is COc1cc(F)c([C@H]2[C@H](NC(=O)N[C@H]3CC[C@H](C(F)F)CC3)C(=O)N(c3cccn(CCO)c3=O)[C@H]2C)c(F)c1. The van der Waals surface area contributed by atoms with Gasteiger partial charge in [-0.1, -0.05) is 0 Å². The molecule has 1 aliphatic carbocycles. The van der Waals surface area contributed by atoms with Gasteiger partial charge in [-0.25, -0.2) is 22.4 Å². The van der Waals surface area contributed by atoms with Crippen LogP contribution in [0.2, 0.25) is 0 Å². The molecule has 3 amide bonds. The third-order valence-electron chi connectivity index (χ3n) is 7.76. The summed E-state index contributed by atoms with van der Waals surface area (Å²) in [5.41, 5.74) is -1.15. The predicted octanol–water partition coefficient (Wildman–Crippen LogP) is 3.14. The van der Waals surface area contributed by atoms with Crippen molar-refractivity contribution in [2.75, 3.05) is 18.6 Å². The first-order valence-corrected chi connectivity index (χ1v) is 13.1. The average molecular weight is 569 g/mol. The van der Waals surface area contributed by atoms with Gasteiger partial charge in [0.15, 0.2) is 0 Å². The van der Waals surface area contributed by atoms with Crippen molar-refractivity contribution in [3.05, 3.63) is 58.0 Å². The third-order valence-corrected chi connectivity index (χ3v) is 7.76. The van der Waals surface area contributed by atoms with Crippen LogP contribution in [-0.4, -0.2) is 59.9 Å². The van der Waals surface area contributed by atoms with Gasteiger partial charge in [-0.2, -0.15) is 0 Å². The standard InChI is InChI=1S/C27H32F4N4O5/c1-14-21(22-18(28)12-17(40-2)13-19(22)29)23(33-27(39)32-16-7-5-15(6-8-16)24(30)31)26(38)35(14)20-4-3-9-34(10-11-36)25(20)37/h3-4,9,12-16,21,23-24,36H,5-8,10-11H2,1-2H3,(H2,32,33,39)/t14-,15-,16-,21-,23-/m0/s1. The summed E-state index contributed by atoms with van der Waals surface area (Å²) in [7, 11) is 1.24. The number of anilines is 1. The Kier molecular flexibility index (Phi) is 9.02. The van der Waals surface area contributed by atoms with Crippen molar-refractivity contribution in [1.29, 1.82) is 0 Å². The lowest BCUT2D eigenvalue weighted by atomic mass is 9.86. The summed E-state index contributed by atoms with van der Waals surface area (Å²) < 4.78 is 62.7. The lowest BCUT2D eigenvalue weighted by molar-refractivity contribution is -0.118. The van der Waals surface area contributed by atoms with E-state index in [-0.39, 0.29) is 37.4 Å². The number of aliphatic hydroxyl groups excluding tert-OH is 1. The molecule has 0 radical (unpaired) electrons. The molecule has 0 unspecified atom stereocenters. The number of nitrogens with zero attached hydrogens (tertiary/aromatic N) is 2. The Morgan fingerprint density at radius 1 is 1.12 bits per heavy atom. The number of ether oxygens (including phenoxy) is 1. The number of aliphatic hydroxyl groups is 1. The molecule has 2 fully saturated rings. The number of nitrogens with one attached hydrogen (secondary N) is 2. The third kappa shape index (κ3) is 5.79. The van der Waals surface area contributed by atoms with Gasteiger partial charge in [0.05, 0.1) is 13.7 Å². The Labute approximate surface area is 228 Å². The number of carbonyl (C=O) groups is 2.